The Morgan fingerprint density at radius 1 is 0.970 bits per heavy atom. The molecule has 1 saturated carbocycles. The summed E-state index contributed by atoms with van der Waals surface area (Å²) in [6, 6.07) is 16.0. The Bertz CT molecular complexity index is 972. The number of carbonyl (C=O) groups excluding carboxylic acids is 2. The Kier molecular flexibility index (Phi) is 9.45. The number of methoxy groups -OCH3 is 2. The SMILES string of the molecule is COC/C=C/c1ccc(CN(C(=O)C2CCCCC2)c2cccc(/C=C/C(=O)OC)c2)cc1. The summed E-state index contributed by atoms with van der Waals surface area (Å²) in [5.74, 6) is -0.174. The predicted molar refractivity (Wildman–Crippen MR) is 133 cm³/mol. The van der Waals surface area contributed by atoms with Gasteiger partial charge in [0.05, 0.1) is 20.3 Å². The first kappa shape index (κ1) is 24.5. The highest BCUT2D eigenvalue weighted by atomic mass is 16.5. The largest absolute Gasteiger partial charge is 0.466 e. The first-order chi connectivity index (χ1) is 16.1. The highest BCUT2D eigenvalue weighted by molar-refractivity contribution is 5.95. The van der Waals surface area contributed by atoms with Crippen molar-refractivity contribution < 1.29 is 19.1 Å². The number of benzene rings is 2. The third-order valence-corrected chi connectivity index (χ3v) is 5.91. The zero-order valence-electron chi connectivity index (χ0n) is 19.5. The summed E-state index contributed by atoms with van der Waals surface area (Å²) in [6.45, 7) is 1.08. The second kappa shape index (κ2) is 12.8. The fourth-order valence-corrected chi connectivity index (χ4v) is 4.09. The summed E-state index contributed by atoms with van der Waals surface area (Å²) in [5, 5.41) is 0. The molecule has 1 aliphatic rings. The summed E-state index contributed by atoms with van der Waals surface area (Å²) >= 11 is 0. The van der Waals surface area contributed by atoms with Crippen LogP contribution >= 0.6 is 0 Å². The van der Waals surface area contributed by atoms with Gasteiger partial charge in [0.1, 0.15) is 0 Å². The van der Waals surface area contributed by atoms with Gasteiger partial charge in [0, 0.05) is 24.8 Å². The van der Waals surface area contributed by atoms with E-state index in [9.17, 15) is 9.59 Å². The standard InChI is InChI=1S/C28H33NO4/c1-32-19-7-9-22-13-15-24(16-14-22)21-29(28(31)25-10-4-3-5-11-25)26-12-6-8-23(20-26)17-18-27(30)33-2/h6-9,12-18,20,25H,3-5,10-11,19,21H2,1-2H3/b9-7+,18-17+. The lowest BCUT2D eigenvalue weighted by molar-refractivity contribution is -0.134. The number of anilines is 1. The normalized spacial score (nSPS) is 14.6. The Hall–Kier alpha value is -3.18. The van der Waals surface area contributed by atoms with Crippen LogP contribution in [-0.4, -0.2) is 32.7 Å². The molecule has 0 bridgehead atoms. The van der Waals surface area contributed by atoms with Crippen molar-refractivity contribution in [1.29, 1.82) is 0 Å². The minimum atomic E-state index is -0.407. The van der Waals surface area contributed by atoms with Crippen LogP contribution in [0.25, 0.3) is 12.2 Å². The van der Waals surface area contributed by atoms with Crippen LogP contribution in [0.1, 0.15) is 48.8 Å². The van der Waals surface area contributed by atoms with Gasteiger partial charge in [0.2, 0.25) is 5.91 Å². The van der Waals surface area contributed by atoms with Crippen LogP contribution in [0.5, 0.6) is 0 Å². The molecule has 0 radical (unpaired) electrons. The van der Waals surface area contributed by atoms with E-state index in [1.807, 2.05) is 41.3 Å². The lowest BCUT2D eigenvalue weighted by Crippen LogP contribution is -2.36. The van der Waals surface area contributed by atoms with Crippen LogP contribution < -0.4 is 4.90 Å². The molecular weight excluding hydrogens is 414 g/mol. The van der Waals surface area contributed by atoms with Crippen LogP contribution in [0.2, 0.25) is 0 Å². The van der Waals surface area contributed by atoms with Crippen molar-refractivity contribution in [3.8, 4) is 0 Å². The molecular formula is C28H33NO4. The molecule has 174 valence electrons. The van der Waals surface area contributed by atoms with E-state index in [4.69, 9.17) is 4.74 Å². The smallest absolute Gasteiger partial charge is 0.330 e. The van der Waals surface area contributed by atoms with Gasteiger partial charge in [-0.15, -0.1) is 0 Å². The van der Waals surface area contributed by atoms with Gasteiger partial charge in [0.15, 0.2) is 0 Å². The molecule has 0 aliphatic heterocycles. The fraction of sp³-hybridized carbons (Fsp3) is 0.357. The van der Waals surface area contributed by atoms with Crippen molar-refractivity contribution in [1.82, 2.24) is 0 Å². The van der Waals surface area contributed by atoms with Crippen molar-refractivity contribution in [3.05, 3.63) is 77.4 Å². The monoisotopic (exact) mass is 447 g/mol. The average Bonchev–Trinajstić information content (AvgIpc) is 2.87. The van der Waals surface area contributed by atoms with Gasteiger partial charge in [-0.05, 0) is 47.7 Å². The van der Waals surface area contributed by atoms with Crippen LogP contribution in [0.15, 0.2) is 60.7 Å². The molecule has 0 saturated heterocycles. The summed E-state index contributed by atoms with van der Waals surface area (Å²) in [7, 11) is 3.03. The highest BCUT2D eigenvalue weighted by Crippen LogP contribution is 2.29. The number of nitrogens with zero attached hydrogens (tertiary/aromatic N) is 1. The molecule has 2 aromatic rings. The molecule has 5 nitrogen and oxygen atoms in total. The average molecular weight is 448 g/mol. The number of ether oxygens (including phenoxy) is 2. The fourth-order valence-electron chi connectivity index (χ4n) is 4.09. The van der Waals surface area contributed by atoms with Gasteiger partial charge >= 0.3 is 5.97 Å². The molecule has 2 aromatic carbocycles. The van der Waals surface area contributed by atoms with E-state index in [2.05, 4.69) is 29.0 Å². The quantitative estimate of drug-likeness (QED) is 0.368. The van der Waals surface area contributed by atoms with Gasteiger partial charge in [0.25, 0.3) is 0 Å². The second-order valence-corrected chi connectivity index (χ2v) is 8.31. The summed E-state index contributed by atoms with van der Waals surface area (Å²) in [5.41, 5.74) is 3.84. The third kappa shape index (κ3) is 7.43. The maximum atomic E-state index is 13.6. The molecule has 5 heteroatoms. The molecule has 0 spiro atoms. The maximum absolute atomic E-state index is 13.6. The van der Waals surface area contributed by atoms with Crippen molar-refractivity contribution in [2.24, 2.45) is 5.92 Å². The molecule has 0 aromatic heterocycles. The van der Waals surface area contributed by atoms with Crippen molar-refractivity contribution in [2.75, 3.05) is 25.7 Å². The van der Waals surface area contributed by atoms with Crippen molar-refractivity contribution in [2.45, 2.75) is 38.6 Å². The second-order valence-electron chi connectivity index (χ2n) is 8.31. The predicted octanol–water partition coefficient (Wildman–Crippen LogP) is 5.65. The molecule has 33 heavy (non-hydrogen) atoms. The van der Waals surface area contributed by atoms with E-state index in [1.54, 1.807) is 13.2 Å². The van der Waals surface area contributed by atoms with Gasteiger partial charge in [-0.1, -0.05) is 67.8 Å². The molecule has 0 atom stereocenters. The minimum Gasteiger partial charge on any atom is -0.466 e. The van der Waals surface area contributed by atoms with E-state index in [0.29, 0.717) is 13.2 Å². The molecule has 1 amide bonds. The van der Waals surface area contributed by atoms with Crippen LogP contribution in [-0.2, 0) is 25.6 Å². The van der Waals surface area contributed by atoms with Crippen molar-refractivity contribution in [3.63, 3.8) is 0 Å². The Balaban J connectivity index is 1.84. The van der Waals surface area contributed by atoms with Gasteiger partial charge in [-0.2, -0.15) is 0 Å². The number of hydrogen-bond acceptors (Lipinski definition) is 4. The van der Waals surface area contributed by atoms with Gasteiger partial charge in [-0.25, -0.2) is 4.79 Å². The van der Waals surface area contributed by atoms with Gasteiger partial charge in [-0.3, -0.25) is 4.79 Å². The Labute approximate surface area is 196 Å². The molecule has 1 fully saturated rings. The van der Waals surface area contributed by atoms with Gasteiger partial charge < -0.3 is 14.4 Å². The third-order valence-electron chi connectivity index (χ3n) is 5.91. The van der Waals surface area contributed by atoms with Crippen LogP contribution in [0, 0.1) is 5.92 Å². The molecule has 1 aliphatic carbocycles. The Morgan fingerprint density at radius 3 is 2.42 bits per heavy atom. The lowest BCUT2D eigenvalue weighted by Gasteiger charge is -2.30. The summed E-state index contributed by atoms with van der Waals surface area (Å²) < 4.78 is 9.74. The Morgan fingerprint density at radius 2 is 1.73 bits per heavy atom. The van der Waals surface area contributed by atoms with E-state index < -0.39 is 5.97 Å². The van der Waals surface area contributed by atoms with Crippen LogP contribution in [0.4, 0.5) is 5.69 Å². The first-order valence-corrected chi connectivity index (χ1v) is 11.5. The summed E-state index contributed by atoms with van der Waals surface area (Å²) in [6.07, 6.45) is 12.4. The van der Waals surface area contributed by atoms with E-state index >= 15 is 0 Å². The lowest BCUT2D eigenvalue weighted by atomic mass is 9.88. The molecule has 0 unspecified atom stereocenters. The number of carbonyl (C=O) groups is 2. The van der Waals surface area contributed by atoms with Crippen LogP contribution in [0.3, 0.4) is 0 Å². The minimum absolute atomic E-state index is 0.0595. The number of amides is 1. The van der Waals surface area contributed by atoms with E-state index in [0.717, 1.165) is 48.1 Å². The molecule has 0 heterocycles. The summed E-state index contributed by atoms with van der Waals surface area (Å²) in [4.78, 5) is 27.0. The number of hydrogen-bond donors (Lipinski definition) is 0. The molecule has 3 rings (SSSR count). The van der Waals surface area contributed by atoms with E-state index in [1.165, 1.54) is 19.6 Å². The van der Waals surface area contributed by atoms with Crippen molar-refractivity contribution >= 4 is 29.7 Å². The number of esters is 1. The maximum Gasteiger partial charge on any atom is 0.330 e. The first-order valence-electron chi connectivity index (χ1n) is 11.5. The zero-order valence-corrected chi connectivity index (χ0v) is 19.5. The number of rotatable bonds is 9. The zero-order chi connectivity index (χ0) is 23.5. The topological polar surface area (TPSA) is 55.8 Å². The molecule has 0 N–H and O–H groups in total. The highest BCUT2D eigenvalue weighted by Gasteiger charge is 2.27. The van der Waals surface area contributed by atoms with E-state index in [-0.39, 0.29) is 11.8 Å².